The minimum atomic E-state index is -3.99. The lowest BCUT2D eigenvalue weighted by molar-refractivity contribution is -0.123. The number of hydrogen-bond acceptors (Lipinski definition) is 7. The van der Waals surface area contributed by atoms with Crippen LogP contribution < -0.4 is 16.1 Å². The highest BCUT2D eigenvalue weighted by Gasteiger charge is 2.35. The second-order valence-corrected chi connectivity index (χ2v) is 12.7. The van der Waals surface area contributed by atoms with E-state index >= 15 is 0 Å². The molecular weight excluding hydrogens is 560 g/mol. The third-order valence-corrected chi connectivity index (χ3v) is 10.0. The minimum absolute atomic E-state index is 0.0359. The molecule has 0 spiro atoms. The summed E-state index contributed by atoms with van der Waals surface area (Å²) in [6, 6.07) is 13.3. The van der Waals surface area contributed by atoms with Gasteiger partial charge in [-0.3, -0.25) is 19.4 Å². The number of piperidine rings is 1. The van der Waals surface area contributed by atoms with Gasteiger partial charge in [-0.15, -0.1) is 0 Å². The lowest BCUT2D eigenvalue weighted by atomic mass is 9.89. The number of sulfonamides is 1. The summed E-state index contributed by atoms with van der Waals surface area (Å²) in [4.78, 5) is 56.8. The molecule has 2 aliphatic rings. The van der Waals surface area contributed by atoms with E-state index in [-0.39, 0.29) is 47.0 Å². The molecule has 1 atom stereocenters. The van der Waals surface area contributed by atoms with Gasteiger partial charge in [0.05, 0.1) is 21.5 Å². The number of benzene rings is 3. The molecule has 1 unspecified atom stereocenters. The zero-order valence-electron chi connectivity index (χ0n) is 23.0. The molecule has 3 aromatic carbocycles. The Balaban J connectivity index is 1.23. The van der Waals surface area contributed by atoms with E-state index in [1.165, 1.54) is 22.5 Å². The Labute approximate surface area is 241 Å². The van der Waals surface area contributed by atoms with Crippen molar-refractivity contribution in [2.75, 3.05) is 38.3 Å². The Kier molecular flexibility index (Phi) is 7.29. The van der Waals surface area contributed by atoms with Gasteiger partial charge in [0.15, 0.2) is 0 Å². The molecule has 0 aliphatic carbocycles. The predicted molar refractivity (Wildman–Crippen MR) is 158 cm³/mol. The number of aromatic amines is 2. The third-order valence-electron chi connectivity index (χ3n) is 8.16. The largest absolute Gasteiger partial charge is 0.385 e. The van der Waals surface area contributed by atoms with Gasteiger partial charge in [0.2, 0.25) is 10.0 Å². The normalized spacial score (nSPS) is 17.4. The number of ketones is 1. The number of H-pyrrole nitrogens is 2. The first-order valence-electron chi connectivity index (χ1n) is 13.8. The molecule has 12 heteroatoms. The lowest BCUT2D eigenvalue weighted by Gasteiger charge is -2.31. The first-order valence-corrected chi connectivity index (χ1v) is 15.3. The number of nitrogens with one attached hydrogen (secondary N) is 2. The summed E-state index contributed by atoms with van der Waals surface area (Å²) >= 11 is 0. The molecule has 0 radical (unpaired) electrons. The van der Waals surface area contributed by atoms with Crippen molar-refractivity contribution in [3.05, 3.63) is 80.5 Å². The van der Waals surface area contributed by atoms with Crippen molar-refractivity contribution >= 4 is 49.1 Å². The molecule has 0 bridgehead atoms. The fraction of sp³-hybridized carbons (Fsp3) is 0.333. The van der Waals surface area contributed by atoms with Crippen molar-refractivity contribution in [3.8, 4) is 0 Å². The number of ether oxygens (including phenoxy) is 1. The highest BCUT2D eigenvalue weighted by atomic mass is 32.2. The molecule has 2 aliphatic heterocycles. The van der Waals surface area contributed by atoms with Crippen molar-refractivity contribution in [2.24, 2.45) is 5.92 Å². The van der Waals surface area contributed by atoms with E-state index in [9.17, 15) is 27.6 Å². The van der Waals surface area contributed by atoms with Crippen molar-refractivity contribution in [1.82, 2.24) is 14.3 Å². The zero-order valence-corrected chi connectivity index (χ0v) is 23.8. The fourth-order valence-corrected chi connectivity index (χ4v) is 7.61. The first-order chi connectivity index (χ1) is 20.2. The molecular formula is C30H30N4O7S. The van der Waals surface area contributed by atoms with Crippen LogP contribution in [0.15, 0.2) is 63.0 Å². The summed E-state index contributed by atoms with van der Waals surface area (Å²) in [5.74, 6) is -0.626. The van der Waals surface area contributed by atoms with Crippen molar-refractivity contribution in [1.29, 1.82) is 0 Å². The monoisotopic (exact) mass is 590 g/mol. The minimum Gasteiger partial charge on any atom is -0.385 e. The van der Waals surface area contributed by atoms with Crippen LogP contribution in [0.1, 0.15) is 35.2 Å². The van der Waals surface area contributed by atoms with Gasteiger partial charge in [-0.1, -0.05) is 18.2 Å². The molecule has 1 aromatic heterocycles. The molecule has 1 fully saturated rings. The number of carbonyl (C=O) groups excluding carboxylic acids is 2. The molecule has 1 saturated heterocycles. The molecule has 3 heterocycles. The zero-order chi connectivity index (χ0) is 29.6. The average Bonchev–Trinajstić information content (AvgIpc) is 3.26. The van der Waals surface area contributed by atoms with Gasteiger partial charge in [0.25, 0.3) is 11.5 Å². The maximum absolute atomic E-state index is 13.6. The number of fused-ring (bicyclic) bond motifs is 1. The van der Waals surface area contributed by atoms with Crippen molar-refractivity contribution in [2.45, 2.75) is 30.6 Å². The van der Waals surface area contributed by atoms with Gasteiger partial charge < -0.3 is 14.6 Å². The van der Waals surface area contributed by atoms with E-state index < -0.39 is 27.2 Å². The second-order valence-electron chi connectivity index (χ2n) is 10.7. The fourth-order valence-electron chi connectivity index (χ4n) is 6.06. The standard InChI is InChI=1S/C30H30N4O7S/c1-41-14-4-13-34-25-11-8-18(21-6-2-7-22(27(21)25)29(34)37)15-26(35)19-5-3-12-33(17-19)42(39,40)20-9-10-24-23(16-20)28(36)32-30(38)31-24/h2,6-11,16,19H,3-5,12-15,17H2,1H3,(H2,31,32,36,38). The first kappa shape index (κ1) is 28.0. The number of anilines is 1. The van der Waals surface area contributed by atoms with Gasteiger partial charge in [-0.25, -0.2) is 13.2 Å². The molecule has 1 amide bonds. The SMILES string of the molecule is COCCCN1C(=O)c2cccc3c(CC(=O)C4CCCN(S(=O)(=O)c5ccc6[nH]c(=O)[nH]c(=O)c6c5)C4)ccc1c23. The number of carbonyl (C=O) groups is 2. The van der Waals surface area contributed by atoms with Crippen LogP contribution >= 0.6 is 0 Å². The van der Waals surface area contributed by atoms with Gasteiger partial charge in [0, 0.05) is 56.6 Å². The molecule has 0 saturated carbocycles. The smallest absolute Gasteiger partial charge is 0.326 e. The summed E-state index contributed by atoms with van der Waals surface area (Å²) in [5, 5.41) is 1.74. The Hall–Kier alpha value is -4.13. The molecule has 4 aromatic rings. The number of Topliss-reactive ketones (excluding diaryl/α,β-unsaturated/α-hetero) is 1. The van der Waals surface area contributed by atoms with Crippen LogP contribution in [-0.2, 0) is 26.0 Å². The van der Waals surface area contributed by atoms with E-state index in [0.717, 1.165) is 22.0 Å². The van der Waals surface area contributed by atoms with E-state index in [1.807, 2.05) is 24.3 Å². The Morgan fingerprint density at radius 2 is 1.88 bits per heavy atom. The van der Waals surface area contributed by atoms with E-state index in [1.54, 1.807) is 18.1 Å². The maximum Gasteiger partial charge on any atom is 0.326 e. The van der Waals surface area contributed by atoms with Crippen LogP contribution in [0, 0.1) is 5.92 Å². The quantitative estimate of drug-likeness (QED) is 0.285. The van der Waals surface area contributed by atoms with Crippen LogP contribution in [0.2, 0.25) is 0 Å². The van der Waals surface area contributed by atoms with Crippen LogP contribution in [-0.4, -0.2) is 67.7 Å². The summed E-state index contributed by atoms with van der Waals surface area (Å²) in [6.45, 7) is 1.37. The molecule has 2 N–H and O–H groups in total. The predicted octanol–water partition coefficient (Wildman–Crippen LogP) is 2.58. The summed E-state index contributed by atoms with van der Waals surface area (Å²) in [7, 11) is -2.37. The Morgan fingerprint density at radius 1 is 1.05 bits per heavy atom. The van der Waals surface area contributed by atoms with Gasteiger partial charge in [-0.05, 0) is 60.5 Å². The van der Waals surface area contributed by atoms with Crippen LogP contribution in [0.5, 0.6) is 0 Å². The topological polar surface area (TPSA) is 150 Å². The maximum atomic E-state index is 13.6. The highest BCUT2D eigenvalue weighted by Crippen LogP contribution is 2.39. The van der Waals surface area contributed by atoms with Crippen LogP contribution in [0.3, 0.4) is 0 Å². The number of methoxy groups -OCH3 is 1. The van der Waals surface area contributed by atoms with E-state index in [2.05, 4.69) is 9.97 Å². The van der Waals surface area contributed by atoms with Crippen molar-refractivity contribution in [3.63, 3.8) is 0 Å². The second kappa shape index (κ2) is 10.9. The number of rotatable bonds is 9. The number of aromatic nitrogens is 2. The lowest BCUT2D eigenvalue weighted by Crippen LogP contribution is -2.42. The third kappa shape index (κ3) is 4.85. The van der Waals surface area contributed by atoms with E-state index in [4.69, 9.17) is 4.74 Å². The Bertz CT molecular complexity index is 1960. The molecule has 218 valence electrons. The summed E-state index contributed by atoms with van der Waals surface area (Å²) < 4.78 is 33.5. The average molecular weight is 591 g/mol. The molecule has 42 heavy (non-hydrogen) atoms. The Morgan fingerprint density at radius 3 is 2.69 bits per heavy atom. The molecule has 11 nitrogen and oxygen atoms in total. The van der Waals surface area contributed by atoms with E-state index in [0.29, 0.717) is 38.0 Å². The van der Waals surface area contributed by atoms with Crippen LogP contribution in [0.4, 0.5) is 5.69 Å². The summed E-state index contributed by atoms with van der Waals surface area (Å²) in [6.07, 6.45) is 1.91. The number of nitrogens with zero attached hydrogens (tertiary/aromatic N) is 2. The van der Waals surface area contributed by atoms with Crippen LogP contribution in [0.25, 0.3) is 21.7 Å². The van der Waals surface area contributed by atoms with Gasteiger partial charge >= 0.3 is 5.69 Å². The van der Waals surface area contributed by atoms with Crippen molar-refractivity contribution < 1.29 is 22.7 Å². The summed E-state index contributed by atoms with van der Waals surface area (Å²) in [5.41, 5.74) is 1.12. The number of amides is 1. The van der Waals surface area contributed by atoms with Gasteiger partial charge in [-0.2, -0.15) is 4.31 Å². The van der Waals surface area contributed by atoms with Gasteiger partial charge in [0.1, 0.15) is 5.78 Å². The highest BCUT2D eigenvalue weighted by molar-refractivity contribution is 7.89. The number of hydrogen-bond donors (Lipinski definition) is 2. The molecule has 6 rings (SSSR count).